The molecule has 1 aromatic rings. The molecule has 0 aliphatic rings. The van der Waals surface area contributed by atoms with Gasteiger partial charge in [-0.2, -0.15) is 0 Å². The summed E-state index contributed by atoms with van der Waals surface area (Å²) in [6.07, 6.45) is 0.675. The second-order valence-corrected chi connectivity index (χ2v) is 5.57. The van der Waals surface area contributed by atoms with Crippen LogP contribution in [0.25, 0.3) is 0 Å². The molecular weight excluding hydrogens is 246 g/mol. The Morgan fingerprint density at radius 1 is 1.47 bits per heavy atom. The molecule has 0 aromatic carbocycles. The van der Waals surface area contributed by atoms with Crippen LogP contribution in [0.1, 0.15) is 43.5 Å². The van der Waals surface area contributed by atoms with Gasteiger partial charge in [-0.05, 0) is 24.0 Å². The van der Waals surface area contributed by atoms with Crippen LogP contribution in [0.3, 0.4) is 0 Å². The van der Waals surface area contributed by atoms with Gasteiger partial charge in [0, 0.05) is 12.6 Å². The van der Waals surface area contributed by atoms with E-state index in [1.807, 2.05) is 0 Å². The normalized spacial score (nSPS) is 13.3. The van der Waals surface area contributed by atoms with E-state index in [-0.39, 0.29) is 23.8 Å². The number of rotatable bonds is 6. The van der Waals surface area contributed by atoms with Crippen molar-refractivity contribution >= 4 is 5.97 Å². The maximum absolute atomic E-state index is 11.3. The molecule has 0 aliphatic heterocycles. The van der Waals surface area contributed by atoms with Crippen LogP contribution in [-0.4, -0.2) is 30.8 Å². The van der Waals surface area contributed by atoms with Gasteiger partial charge >= 0.3 is 5.97 Å². The molecule has 19 heavy (non-hydrogen) atoms. The lowest BCUT2D eigenvalue weighted by atomic mass is 9.85. The lowest BCUT2D eigenvalue weighted by Gasteiger charge is -2.31. The summed E-state index contributed by atoms with van der Waals surface area (Å²) in [7, 11) is 1.32. The fraction of sp³-hybridized carbons (Fsp3) is 0.643. The topological polar surface area (TPSA) is 71.7 Å². The van der Waals surface area contributed by atoms with E-state index >= 15 is 0 Å². The summed E-state index contributed by atoms with van der Waals surface area (Å²) in [5.41, 5.74) is 0.0422. The third-order valence-corrected chi connectivity index (χ3v) is 3.03. The highest BCUT2D eigenvalue weighted by molar-refractivity contribution is 5.86. The van der Waals surface area contributed by atoms with Crippen LogP contribution < -0.4 is 5.32 Å². The van der Waals surface area contributed by atoms with Crippen molar-refractivity contribution in [3.8, 4) is 0 Å². The van der Waals surface area contributed by atoms with E-state index in [1.165, 1.54) is 7.11 Å². The highest BCUT2D eigenvalue weighted by atomic mass is 16.5. The molecule has 1 atom stereocenters. The largest absolute Gasteiger partial charge is 0.463 e. The number of nitrogens with one attached hydrogen (secondary N) is 1. The molecular formula is C14H23NO4. The molecule has 0 saturated carbocycles. The van der Waals surface area contributed by atoms with E-state index in [0.717, 1.165) is 0 Å². The minimum absolute atomic E-state index is 0.0422. The van der Waals surface area contributed by atoms with Crippen LogP contribution in [0.4, 0.5) is 0 Å². The van der Waals surface area contributed by atoms with Gasteiger partial charge in [-0.15, -0.1) is 0 Å². The van der Waals surface area contributed by atoms with Crippen molar-refractivity contribution in [2.24, 2.45) is 5.41 Å². The van der Waals surface area contributed by atoms with Gasteiger partial charge < -0.3 is 19.6 Å². The summed E-state index contributed by atoms with van der Waals surface area (Å²) in [6.45, 7) is 6.99. The molecule has 1 heterocycles. The maximum atomic E-state index is 11.3. The standard InChI is InChI=1S/C14H23NO4/c1-14(2,3)12(7-8-16)15-9-10-5-6-11(19-10)13(17)18-4/h5-6,12,15-16H,7-9H2,1-4H3. The summed E-state index contributed by atoms with van der Waals surface area (Å²) < 4.78 is 9.96. The number of carbonyl (C=O) groups excluding carboxylic acids is 1. The van der Waals surface area contributed by atoms with Gasteiger partial charge in [0.05, 0.1) is 13.7 Å². The van der Waals surface area contributed by atoms with E-state index < -0.39 is 5.97 Å². The Labute approximate surface area is 113 Å². The molecule has 0 fully saturated rings. The maximum Gasteiger partial charge on any atom is 0.373 e. The summed E-state index contributed by atoms with van der Waals surface area (Å²) in [5.74, 6) is 0.398. The number of aliphatic hydroxyl groups is 1. The summed E-state index contributed by atoms with van der Waals surface area (Å²) in [5, 5.41) is 12.4. The molecule has 108 valence electrons. The van der Waals surface area contributed by atoms with Gasteiger partial charge in [0.15, 0.2) is 0 Å². The van der Waals surface area contributed by atoms with Gasteiger partial charge in [-0.1, -0.05) is 20.8 Å². The number of carbonyl (C=O) groups is 1. The van der Waals surface area contributed by atoms with Gasteiger partial charge in [-0.3, -0.25) is 0 Å². The van der Waals surface area contributed by atoms with Crippen molar-refractivity contribution in [2.75, 3.05) is 13.7 Å². The molecule has 0 bridgehead atoms. The van der Waals surface area contributed by atoms with E-state index in [1.54, 1.807) is 12.1 Å². The molecule has 0 amide bonds. The molecule has 1 aromatic heterocycles. The van der Waals surface area contributed by atoms with Crippen molar-refractivity contribution in [1.29, 1.82) is 0 Å². The Morgan fingerprint density at radius 3 is 2.68 bits per heavy atom. The van der Waals surface area contributed by atoms with Crippen LogP contribution in [0.5, 0.6) is 0 Å². The SMILES string of the molecule is COC(=O)c1ccc(CNC(CCO)C(C)(C)C)o1. The number of methoxy groups -OCH3 is 1. The first-order valence-corrected chi connectivity index (χ1v) is 6.39. The first-order chi connectivity index (χ1) is 8.88. The summed E-state index contributed by atoms with van der Waals surface area (Å²) in [4.78, 5) is 11.3. The zero-order valence-corrected chi connectivity index (χ0v) is 12.0. The number of esters is 1. The van der Waals surface area contributed by atoms with Gasteiger partial charge in [0.2, 0.25) is 5.76 Å². The Bertz CT molecular complexity index is 406. The second kappa shape index (κ2) is 6.73. The monoisotopic (exact) mass is 269 g/mol. The first kappa shape index (κ1) is 15.7. The fourth-order valence-electron chi connectivity index (χ4n) is 1.88. The van der Waals surface area contributed by atoms with Crippen molar-refractivity contribution in [3.05, 3.63) is 23.7 Å². The Balaban J connectivity index is 2.59. The number of hydrogen-bond donors (Lipinski definition) is 2. The first-order valence-electron chi connectivity index (χ1n) is 6.39. The molecule has 0 saturated heterocycles. The number of hydrogen-bond acceptors (Lipinski definition) is 5. The minimum Gasteiger partial charge on any atom is -0.463 e. The number of ether oxygens (including phenoxy) is 1. The smallest absolute Gasteiger partial charge is 0.373 e. The quantitative estimate of drug-likeness (QED) is 0.772. The van der Waals surface area contributed by atoms with Crippen LogP contribution in [0, 0.1) is 5.41 Å². The van der Waals surface area contributed by atoms with Gasteiger partial charge in [-0.25, -0.2) is 4.79 Å². The van der Waals surface area contributed by atoms with Crippen LogP contribution >= 0.6 is 0 Å². The molecule has 5 heteroatoms. The molecule has 2 N–H and O–H groups in total. The fourth-order valence-corrected chi connectivity index (χ4v) is 1.88. The number of furan rings is 1. The Kier molecular flexibility index (Phi) is 5.57. The Hall–Kier alpha value is -1.33. The summed E-state index contributed by atoms with van der Waals surface area (Å²) in [6, 6.07) is 3.52. The Morgan fingerprint density at radius 2 is 2.16 bits per heavy atom. The van der Waals surface area contributed by atoms with E-state index in [0.29, 0.717) is 18.7 Å². The number of aliphatic hydroxyl groups excluding tert-OH is 1. The highest BCUT2D eigenvalue weighted by Gasteiger charge is 2.24. The molecule has 1 unspecified atom stereocenters. The average molecular weight is 269 g/mol. The third kappa shape index (κ3) is 4.69. The van der Waals surface area contributed by atoms with Crippen molar-refractivity contribution in [3.63, 3.8) is 0 Å². The van der Waals surface area contributed by atoms with E-state index in [2.05, 4.69) is 30.8 Å². The van der Waals surface area contributed by atoms with Gasteiger partial charge in [0.1, 0.15) is 5.76 Å². The predicted octanol–water partition coefficient (Wildman–Crippen LogP) is 1.95. The molecule has 0 radical (unpaired) electrons. The van der Waals surface area contributed by atoms with E-state index in [9.17, 15) is 4.79 Å². The lowest BCUT2D eigenvalue weighted by Crippen LogP contribution is -2.40. The predicted molar refractivity (Wildman–Crippen MR) is 71.8 cm³/mol. The van der Waals surface area contributed by atoms with Crippen LogP contribution in [-0.2, 0) is 11.3 Å². The van der Waals surface area contributed by atoms with Gasteiger partial charge in [0.25, 0.3) is 0 Å². The van der Waals surface area contributed by atoms with Crippen LogP contribution in [0.15, 0.2) is 16.5 Å². The third-order valence-electron chi connectivity index (χ3n) is 3.03. The molecule has 1 rings (SSSR count). The molecule has 0 spiro atoms. The van der Waals surface area contributed by atoms with E-state index in [4.69, 9.17) is 9.52 Å². The van der Waals surface area contributed by atoms with Crippen LogP contribution in [0.2, 0.25) is 0 Å². The van der Waals surface area contributed by atoms with Crippen molar-refractivity contribution in [2.45, 2.75) is 39.8 Å². The van der Waals surface area contributed by atoms with Crippen molar-refractivity contribution < 1.29 is 19.1 Å². The van der Waals surface area contributed by atoms with Crippen molar-refractivity contribution in [1.82, 2.24) is 5.32 Å². The zero-order chi connectivity index (χ0) is 14.5. The molecule has 0 aliphatic carbocycles. The highest BCUT2D eigenvalue weighted by Crippen LogP contribution is 2.22. The average Bonchev–Trinajstić information content (AvgIpc) is 2.80. The zero-order valence-electron chi connectivity index (χ0n) is 12.0. The second-order valence-electron chi connectivity index (χ2n) is 5.57. The molecule has 5 nitrogen and oxygen atoms in total. The minimum atomic E-state index is -0.478. The summed E-state index contributed by atoms with van der Waals surface area (Å²) >= 11 is 0. The lowest BCUT2D eigenvalue weighted by molar-refractivity contribution is 0.0562.